The SMILES string of the molecule is CC[C@@H](Oc1cccc(C)c1)C(=O)NCCC1CCN(C)CC1. The van der Waals surface area contributed by atoms with E-state index in [0.29, 0.717) is 6.42 Å². The van der Waals surface area contributed by atoms with Crippen LogP contribution in [0.5, 0.6) is 5.75 Å². The van der Waals surface area contributed by atoms with E-state index in [4.69, 9.17) is 4.74 Å². The molecule has 0 aromatic heterocycles. The Kier molecular flexibility index (Phi) is 6.90. The van der Waals surface area contributed by atoms with Gasteiger partial charge in [-0.3, -0.25) is 4.79 Å². The Morgan fingerprint density at radius 3 is 2.78 bits per heavy atom. The minimum absolute atomic E-state index is 0.00179. The van der Waals surface area contributed by atoms with E-state index >= 15 is 0 Å². The Bertz CT molecular complexity index is 496. The number of carbonyl (C=O) groups excluding carboxylic acids is 1. The number of rotatable bonds is 7. The van der Waals surface area contributed by atoms with Crippen LogP contribution >= 0.6 is 0 Å². The fraction of sp³-hybridized carbons (Fsp3) is 0.632. The third-order valence-corrected chi connectivity index (χ3v) is 4.62. The number of nitrogens with one attached hydrogen (secondary N) is 1. The van der Waals surface area contributed by atoms with Crippen LogP contribution in [-0.4, -0.2) is 43.6 Å². The van der Waals surface area contributed by atoms with Gasteiger partial charge in [-0.15, -0.1) is 0 Å². The zero-order valence-electron chi connectivity index (χ0n) is 14.7. The van der Waals surface area contributed by atoms with Gasteiger partial charge >= 0.3 is 0 Å². The normalized spacial score (nSPS) is 17.7. The number of piperidine rings is 1. The highest BCUT2D eigenvalue weighted by molar-refractivity contribution is 5.81. The largest absolute Gasteiger partial charge is 0.481 e. The Morgan fingerprint density at radius 2 is 2.13 bits per heavy atom. The Morgan fingerprint density at radius 1 is 1.39 bits per heavy atom. The lowest BCUT2D eigenvalue weighted by Gasteiger charge is -2.29. The molecule has 1 aliphatic rings. The smallest absolute Gasteiger partial charge is 0.261 e. The maximum absolute atomic E-state index is 12.3. The minimum Gasteiger partial charge on any atom is -0.481 e. The van der Waals surface area contributed by atoms with Crippen molar-refractivity contribution in [3.8, 4) is 5.75 Å². The average Bonchev–Trinajstić information content (AvgIpc) is 2.54. The number of aryl methyl sites for hydroxylation is 1. The van der Waals surface area contributed by atoms with E-state index in [1.807, 2.05) is 38.1 Å². The summed E-state index contributed by atoms with van der Waals surface area (Å²) in [4.78, 5) is 14.7. The van der Waals surface area contributed by atoms with Crippen molar-refractivity contribution in [2.24, 2.45) is 5.92 Å². The first kappa shape index (κ1) is 17.8. The number of hydrogen-bond donors (Lipinski definition) is 1. The standard InChI is InChI=1S/C19H30N2O2/c1-4-18(23-17-7-5-6-15(2)14-17)19(22)20-11-8-16-9-12-21(3)13-10-16/h5-7,14,16,18H,4,8-13H2,1-3H3,(H,20,22)/t18-/m1/s1. The van der Waals surface area contributed by atoms with E-state index in [9.17, 15) is 4.79 Å². The third kappa shape index (κ3) is 5.87. The van der Waals surface area contributed by atoms with E-state index in [1.54, 1.807) is 0 Å². The van der Waals surface area contributed by atoms with Crippen LogP contribution in [-0.2, 0) is 4.79 Å². The van der Waals surface area contributed by atoms with Crippen molar-refractivity contribution in [2.75, 3.05) is 26.7 Å². The lowest BCUT2D eigenvalue weighted by atomic mass is 9.94. The molecular weight excluding hydrogens is 288 g/mol. The molecule has 1 N–H and O–H groups in total. The van der Waals surface area contributed by atoms with Gasteiger partial charge < -0.3 is 15.0 Å². The second-order valence-corrected chi connectivity index (χ2v) is 6.66. The minimum atomic E-state index is -0.408. The predicted octanol–water partition coefficient (Wildman–Crippen LogP) is 3.00. The number of ether oxygens (including phenoxy) is 1. The molecule has 23 heavy (non-hydrogen) atoms. The van der Waals surface area contributed by atoms with Crippen molar-refractivity contribution in [3.63, 3.8) is 0 Å². The highest BCUT2D eigenvalue weighted by atomic mass is 16.5. The molecule has 2 rings (SSSR count). The lowest BCUT2D eigenvalue weighted by Crippen LogP contribution is -2.39. The predicted molar refractivity (Wildman–Crippen MR) is 93.7 cm³/mol. The first-order valence-corrected chi connectivity index (χ1v) is 8.78. The molecule has 4 heteroatoms. The average molecular weight is 318 g/mol. The molecule has 0 unspecified atom stereocenters. The Hall–Kier alpha value is -1.55. The number of amides is 1. The molecule has 1 saturated heterocycles. The van der Waals surface area contributed by atoms with Crippen molar-refractivity contribution in [3.05, 3.63) is 29.8 Å². The van der Waals surface area contributed by atoms with Gasteiger partial charge in [0.05, 0.1) is 0 Å². The number of likely N-dealkylation sites (tertiary alicyclic amines) is 1. The van der Waals surface area contributed by atoms with Crippen molar-refractivity contribution < 1.29 is 9.53 Å². The van der Waals surface area contributed by atoms with Crippen LogP contribution in [0.25, 0.3) is 0 Å². The van der Waals surface area contributed by atoms with E-state index < -0.39 is 6.10 Å². The van der Waals surface area contributed by atoms with Crippen LogP contribution in [0.2, 0.25) is 0 Å². The van der Waals surface area contributed by atoms with Gasteiger partial charge in [0, 0.05) is 6.54 Å². The number of hydrogen-bond acceptors (Lipinski definition) is 3. The maximum atomic E-state index is 12.3. The summed E-state index contributed by atoms with van der Waals surface area (Å²) in [5.41, 5.74) is 1.14. The van der Waals surface area contributed by atoms with Crippen molar-refractivity contribution in [2.45, 2.75) is 45.6 Å². The second-order valence-electron chi connectivity index (χ2n) is 6.66. The van der Waals surface area contributed by atoms with E-state index in [0.717, 1.165) is 30.2 Å². The van der Waals surface area contributed by atoms with Crippen LogP contribution < -0.4 is 10.1 Å². The van der Waals surface area contributed by atoms with Crippen LogP contribution in [0.4, 0.5) is 0 Å². The summed E-state index contributed by atoms with van der Waals surface area (Å²) in [6.07, 6.45) is 3.82. The molecule has 1 aromatic rings. The van der Waals surface area contributed by atoms with Gasteiger partial charge in [-0.25, -0.2) is 0 Å². The summed E-state index contributed by atoms with van der Waals surface area (Å²) in [7, 11) is 2.17. The molecule has 0 bridgehead atoms. The van der Waals surface area contributed by atoms with Gasteiger partial charge in [0.2, 0.25) is 0 Å². The molecule has 0 spiro atoms. The summed E-state index contributed by atoms with van der Waals surface area (Å²) < 4.78 is 5.84. The molecule has 128 valence electrons. The maximum Gasteiger partial charge on any atom is 0.261 e. The zero-order valence-corrected chi connectivity index (χ0v) is 14.7. The lowest BCUT2D eigenvalue weighted by molar-refractivity contribution is -0.128. The van der Waals surface area contributed by atoms with Gasteiger partial charge in [-0.2, -0.15) is 0 Å². The summed E-state index contributed by atoms with van der Waals surface area (Å²) in [5, 5.41) is 3.05. The molecule has 4 nitrogen and oxygen atoms in total. The molecular formula is C19H30N2O2. The van der Waals surface area contributed by atoms with Gasteiger partial charge in [0.1, 0.15) is 5.75 Å². The highest BCUT2D eigenvalue weighted by Crippen LogP contribution is 2.19. The zero-order chi connectivity index (χ0) is 16.7. The summed E-state index contributed by atoms with van der Waals surface area (Å²) in [6, 6.07) is 7.85. The van der Waals surface area contributed by atoms with Crippen molar-refractivity contribution in [1.82, 2.24) is 10.2 Å². The topological polar surface area (TPSA) is 41.6 Å². The summed E-state index contributed by atoms with van der Waals surface area (Å²) in [5.74, 6) is 1.51. The summed E-state index contributed by atoms with van der Waals surface area (Å²) >= 11 is 0. The molecule has 0 saturated carbocycles. The summed E-state index contributed by atoms with van der Waals surface area (Å²) in [6.45, 7) is 7.10. The van der Waals surface area contributed by atoms with Gasteiger partial charge in [-0.1, -0.05) is 19.1 Å². The second kappa shape index (κ2) is 8.92. The molecule has 1 fully saturated rings. The Labute approximate surface area is 140 Å². The molecule has 0 aliphatic carbocycles. The molecule has 1 atom stereocenters. The molecule has 1 heterocycles. The van der Waals surface area contributed by atoms with Crippen LogP contribution in [0.15, 0.2) is 24.3 Å². The van der Waals surface area contributed by atoms with Crippen molar-refractivity contribution >= 4 is 5.91 Å². The van der Waals surface area contributed by atoms with Gasteiger partial charge in [0.25, 0.3) is 5.91 Å². The molecule has 0 radical (unpaired) electrons. The third-order valence-electron chi connectivity index (χ3n) is 4.62. The first-order chi connectivity index (χ1) is 11.1. The Balaban J connectivity index is 1.74. The quantitative estimate of drug-likeness (QED) is 0.840. The van der Waals surface area contributed by atoms with Crippen LogP contribution in [0.3, 0.4) is 0 Å². The number of carbonyl (C=O) groups is 1. The molecule has 1 aromatic carbocycles. The molecule has 1 amide bonds. The molecule has 1 aliphatic heterocycles. The first-order valence-electron chi connectivity index (χ1n) is 8.78. The number of nitrogens with zero attached hydrogens (tertiary/aromatic N) is 1. The highest BCUT2D eigenvalue weighted by Gasteiger charge is 2.20. The van der Waals surface area contributed by atoms with Gasteiger partial charge in [0.15, 0.2) is 6.10 Å². The fourth-order valence-electron chi connectivity index (χ4n) is 3.04. The van der Waals surface area contributed by atoms with Crippen LogP contribution in [0, 0.1) is 12.8 Å². The van der Waals surface area contributed by atoms with E-state index in [-0.39, 0.29) is 5.91 Å². The number of benzene rings is 1. The van der Waals surface area contributed by atoms with Gasteiger partial charge in [-0.05, 0) is 76.4 Å². The monoisotopic (exact) mass is 318 g/mol. The van der Waals surface area contributed by atoms with E-state index in [1.165, 1.54) is 25.9 Å². The van der Waals surface area contributed by atoms with Crippen molar-refractivity contribution in [1.29, 1.82) is 0 Å². The fourth-order valence-corrected chi connectivity index (χ4v) is 3.04. The van der Waals surface area contributed by atoms with Crippen LogP contribution in [0.1, 0.15) is 38.2 Å². The van der Waals surface area contributed by atoms with E-state index in [2.05, 4.69) is 17.3 Å².